The van der Waals surface area contributed by atoms with Gasteiger partial charge in [-0.25, -0.2) is 19.6 Å². The van der Waals surface area contributed by atoms with Crippen molar-refractivity contribution in [3.63, 3.8) is 0 Å². The fraction of sp³-hybridized carbons (Fsp3) is 0. The number of rotatable bonds is 2. The van der Waals surface area contributed by atoms with E-state index >= 15 is 0 Å². The van der Waals surface area contributed by atoms with Gasteiger partial charge in [0.2, 0.25) is 0 Å². The number of H-pyrrole nitrogens is 1. The fourth-order valence-electron chi connectivity index (χ4n) is 2.33. The van der Waals surface area contributed by atoms with Crippen molar-refractivity contribution in [1.82, 2.24) is 29.7 Å². The van der Waals surface area contributed by atoms with Crippen LogP contribution in [0.15, 0.2) is 49.3 Å². The second-order valence-corrected chi connectivity index (χ2v) is 4.62. The maximum absolute atomic E-state index is 9.16. The van der Waals surface area contributed by atoms with E-state index in [1.54, 1.807) is 41.7 Å². The molecule has 1 N–H and O–H groups in total. The summed E-state index contributed by atoms with van der Waals surface area (Å²) in [5.74, 6) is 0.506. The molecular weight excluding hydrogens is 278 g/mol. The van der Waals surface area contributed by atoms with Crippen molar-refractivity contribution in [3.8, 4) is 23.0 Å². The van der Waals surface area contributed by atoms with Gasteiger partial charge in [-0.2, -0.15) is 10.4 Å². The lowest BCUT2D eigenvalue weighted by Crippen LogP contribution is -2.00. The Bertz CT molecular complexity index is 1010. The summed E-state index contributed by atoms with van der Waals surface area (Å²) in [6.45, 7) is 0. The Morgan fingerprint density at radius 1 is 1.14 bits per heavy atom. The number of nitriles is 1. The summed E-state index contributed by atoms with van der Waals surface area (Å²) in [5.41, 5.74) is 3.82. The lowest BCUT2D eigenvalue weighted by Gasteiger charge is -2.01. The molecular formula is C15H9N7. The third-order valence-electron chi connectivity index (χ3n) is 3.34. The Kier molecular flexibility index (Phi) is 2.66. The number of aromatic amines is 1. The summed E-state index contributed by atoms with van der Waals surface area (Å²) in [4.78, 5) is 15.6. The van der Waals surface area contributed by atoms with Crippen LogP contribution >= 0.6 is 0 Å². The molecule has 0 amide bonds. The van der Waals surface area contributed by atoms with Crippen LogP contribution < -0.4 is 0 Å². The maximum atomic E-state index is 9.16. The van der Waals surface area contributed by atoms with Crippen molar-refractivity contribution in [1.29, 1.82) is 5.26 Å². The summed E-state index contributed by atoms with van der Waals surface area (Å²) in [6, 6.07) is 7.45. The van der Waals surface area contributed by atoms with Gasteiger partial charge in [-0.05, 0) is 18.2 Å². The van der Waals surface area contributed by atoms with Crippen molar-refractivity contribution in [2.24, 2.45) is 0 Å². The Labute approximate surface area is 124 Å². The zero-order chi connectivity index (χ0) is 14.9. The molecule has 0 atom stereocenters. The van der Waals surface area contributed by atoms with Gasteiger partial charge in [0.05, 0.1) is 23.6 Å². The Balaban J connectivity index is 1.85. The molecule has 0 bridgehead atoms. The van der Waals surface area contributed by atoms with E-state index in [1.807, 2.05) is 12.3 Å². The minimum Gasteiger partial charge on any atom is -0.343 e. The maximum Gasteiger partial charge on any atom is 0.178 e. The smallest absolute Gasteiger partial charge is 0.178 e. The van der Waals surface area contributed by atoms with Crippen LogP contribution in [-0.4, -0.2) is 29.7 Å². The molecule has 4 aromatic heterocycles. The molecule has 104 valence electrons. The predicted octanol–water partition coefficient (Wildman–Crippen LogP) is 2.08. The van der Waals surface area contributed by atoms with E-state index in [9.17, 15) is 0 Å². The predicted molar refractivity (Wildman–Crippen MR) is 79.0 cm³/mol. The number of aromatic nitrogens is 6. The Morgan fingerprint density at radius 2 is 2.09 bits per heavy atom. The molecule has 4 aromatic rings. The van der Waals surface area contributed by atoms with E-state index < -0.39 is 0 Å². The number of fused-ring (bicyclic) bond motifs is 1. The molecule has 0 aromatic carbocycles. The first-order valence-electron chi connectivity index (χ1n) is 6.55. The van der Waals surface area contributed by atoms with Crippen molar-refractivity contribution >= 4 is 11.2 Å². The molecule has 7 nitrogen and oxygen atoms in total. The first-order valence-corrected chi connectivity index (χ1v) is 6.55. The molecule has 0 fully saturated rings. The van der Waals surface area contributed by atoms with Gasteiger partial charge in [0.15, 0.2) is 11.5 Å². The normalized spacial score (nSPS) is 10.7. The molecule has 0 unspecified atom stereocenters. The Hall–Kier alpha value is -3.53. The largest absolute Gasteiger partial charge is 0.343 e. The first-order chi connectivity index (χ1) is 10.9. The van der Waals surface area contributed by atoms with Gasteiger partial charge in [0.25, 0.3) is 0 Å². The summed E-state index contributed by atoms with van der Waals surface area (Å²) in [7, 11) is 0. The van der Waals surface area contributed by atoms with Crippen molar-refractivity contribution in [3.05, 3.63) is 54.9 Å². The average Bonchev–Trinajstić information content (AvgIpc) is 3.23. The van der Waals surface area contributed by atoms with Gasteiger partial charge in [0.1, 0.15) is 6.07 Å². The van der Waals surface area contributed by atoms with Crippen molar-refractivity contribution in [2.75, 3.05) is 0 Å². The van der Waals surface area contributed by atoms with Crippen LogP contribution in [0.25, 0.3) is 28.1 Å². The molecule has 0 spiro atoms. The van der Waals surface area contributed by atoms with Gasteiger partial charge < -0.3 is 4.98 Å². The number of nitrogens with zero attached hydrogens (tertiary/aromatic N) is 6. The molecule has 0 saturated heterocycles. The molecule has 4 heterocycles. The van der Waals surface area contributed by atoms with E-state index in [-0.39, 0.29) is 0 Å². The summed E-state index contributed by atoms with van der Waals surface area (Å²) in [6.07, 6.45) is 8.51. The highest BCUT2D eigenvalue weighted by Crippen LogP contribution is 2.25. The van der Waals surface area contributed by atoms with Crippen LogP contribution in [0.3, 0.4) is 0 Å². The van der Waals surface area contributed by atoms with Crippen molar-refractivity contribution < 1.29 is 0 Å². The van der Waals surface area contributed by atoms with E-state index in [0.717, 1.165) is 16.6 Å². The standard InChI is InChI=1S/C15H9N7/c16-6-10-2-1-4-18-15(10)22-8-11(7-21-22)12-3-5-17-14-13(12)19-9-20-14/h1-5,7-9H,(H,17,19,20). The van der Waals surface area contributed by atoms with E-state index in [0.29, 0.717) is 17.0 Å². The highest BCUT2D eigenvalue weighted by Gasteiger charge is 2.11. The topological polar surface area (TPSA) is 96.1 Å². The quantitative estimate of drug-likeness (QED) is 0.609. The molecule has 22 heavy (non-hydrogen) atoms. The zero-order valence-corrected chi connectivity index (χ0v) is 11.3. The van der Waals surface area contributed by atoms with Crippen LogP contribution in [0.5, 0.6) is 0 Å². The lowest BCUT2D eigenvalue weighted by molar-refractivity contribution is 0.843. The minimum atomic E-state index is 0.471. The first kappa shape index (κ1) is 12.2. The highest BCUT2D eigenvalue weighted by atomic mass is 15.3. The highest BCUT2D eigenvalue weighted by molar-refractivity contribution is 5.88. The van der Waals surface area contributed by atoms with Gasteiger partial charge in [-0.15, -0.1) is 0 Å². The summed E-state index contributed by atoms with van der Waals surface area (Å²) < 4.78 is 1.59. The minimum absolute atomic E-state index is 0.471. The molecule has 0 aliphatic heterocycles. The van der Waals surface area contributed by atoms with Crippen LogP contribution in [0.2, 0.25) is 0 Å². The third-order valence-corrected chi connectivity index (χ3v) is 3.34. The van der Waals surface area contributed by atoms with Crippen molar-refractivity contribution in [2.45, 2.75) is 0 Å². The van der Waals surface area contributed by atoms with E-state index in [4.69, 9.17) is 5.26 Å². The average molecular weight is 287 g/mol. The zero-order valence-electron chi connectivity index (χ0n) is 11.3. The molecule has 0 aliphatic carbocycles. The van der Waals surface area contributed by atoms with Crippen LogP contribution in [0.4, 0.5) is 0 Å². The number of hydrogen-bond acceptors (Lipinski definition) is 5. The van der Waals surface area contributed by atoms with Crippen LogP contribution in [-0.2, 0) is 0 Å². The second kappa shape index (κ2) is 4.79. The van der Waals surface area contributed by atoms with Gasteiger partial charge in [-0.3, -0.25) is 0 Å². The second-order valence-electron chi connectivity index (χ2n) is 4.62. The third kappa shape index (κ3) is 1.83. The van der Waals surface area contributed by atoms with Crippen LogP contribution in [0, 0.1) is 11.3 Å². The van der Waals surface area contributed by atoms with Gasteiger partial charge >= 0.3 is 0 Å². The number of imidazole rings is 1. The summed E-state index contributed by atoms with van der Waals surface area (Å²) >= 11 is 0. The van der Waals surface area contributed by atoms with Gasteiger partial charge in [0, 0.05) is 29.7 Å². The van der Waals surface area contributed by atoms with E-state index in [1.165, 1.54) is 0 Å². The number of nitrogens with one attached hydrogen (secondary N) is 1. The molecule has 0 saturated carbocycles. The lowest BCUT2D eigenvalue weighted by atomic mass is 10.1. The number of hydrogen-bond donors (Lipinski definition) is 1. The van der Waals surface area contributed by atoms with Gasteiger partial charge in [-0.1, -0.05) is 0 Å². The summed E-state index contributed by atoms with van der Waals surface area (Å²) in [5, 5.41) is 13.5. The molecule has 0 radical (unpaired) electrons. The molecule has 0 aliphatic rings. The Morgan fingerprint density at radius 3 is 3.00 bits per heavy atom. The van der Waals surface area contributed by atoms with E-state index in [2.05, 4.69) is 31.1 Å². The SMILES string of the molecule is N#Cc1cccnc1-n1cc(-c2ccnc3nc[nH]c23)cn1. The van der Waals surface area contributed by atoms with Crippen LogP contribution in [0.1, 0.15) is 5.56 Å². The fourth-order valence-corrected chi connectivity index (χ4v) is 2.33. The number of pyridine rings is 2. The monoisotopic (exact) mass is 287 g/mol. The molecule has 7 heteroatoms. The molecule has 4 rings (SSSR count).